The van der Waals surface area contributed by atoms with Gasteiger partial charge in [0.2, 0.25) is 5.91 Å². The Morgan fingerprint density at radius 2 is 2.14 bits per heavy atom. The lowest BCUT2D eigenvalue weighted by Gasteiger charge is -2.19. The van der Waals surface area contributed by atoms with Crippen molar-refractivity contribution in [2.75, 3.05) is 43.1 Å². The smallest absolute Gasteiger partial charge is 0.238 e. The van der Waals surface area contributed by atoms with Crippen molar-refractivity contribution >= 4 is 23.4 Å². The molecule has 0 atom stereocenters. The molecule has 0 aromatic heterocycles. The predicted molar refractivity (Wildman–Crippen MR) is 85.1 cm³/mol. The SMILES string of the molecule is C#CCSCCNCC(=O)Nc1ccc2c(c1)OCCO2. The van der Waals surface area contributed by atoms with Crippen molar-refractivity contribution in [3.8, 4) is 23.8 Å². The zero-order chi connectivity index (χ0) is 14.9. The molecule has 1 aliphatic rings. The van der Waals surface area contributed by atoms with E-state index < -0.39 is 0 Å². The summed E-state index contributed by atoms with van der Waals surface area (Å²) < 4.78 is 10.9. The summed E-state index contributed by atoms with van der Waals surface area (Å²) >= 11 is 1.66. The van der Waals surface area contributed by atoms with Crippen LogP contribution in [-0.4, -0.2) is 43.7 Å². The van der Waals surface area contributed by atoms with Crippen LogP contribution < -0.4 is 20.1 Å². The molecule has 2 rings (SSSR count). The Morgan fingerprint density at radius 1 is 1.33 bits per heavy atom. The number of hydrogen-bond donors (Lipinski definition) is 2. The first-order valence-corrected chi connectivity index (χ1v) is 7.86. The molecular weight excluding hydrogens is 288 g/mol. The van der Waals surface area contributed by atoms with Crippen molar-refractivity contribution in [1.82, 2.24) is 5.32 Å². The zero-order valence-electron chi connectivity index (χ0n) is 11.7. The minimum Gasteiger partial charge on any atom is -0.486 e. The van der Waals surface area contributed by atoms with Crippen molar-refractivity contribution in [1.29, 1.82) is 0 Å². The van der Waals surface area contributed by atoms with Crippen LogP contribution in [0.15, 0.2) is 18.2 Å². The molecule has 1 aliphatic heterocycles. The molecule has 0 fully saturated rings. The third-order valence-electron chi connectivity index (χ3n) is 2.72. The topological polar surface area (TPSA) is 59.6 Å². The van der Waals surface area contributed by atoms with Gasteiger partial charge in [-0.1, -0.05) is 5.92 Å². The second-order valence-electron chi connectivity index (χ2n) is 4.34. The molecule has 1 aromatic rings. The van der Waals surface area contributed by atoms with Gasteiger partial charge in [-0.3, -0.25) is 4.79 Å². The molecule has 0 radical (unpaired) electrons. The van der Waals surface area contributed by atoms with Gasteiger partial charge in [0.25, 0.3) is 0 Å². The number of nitrogens with one attached hydrogen (secondary N) is 2. The minimum absolute atomic E-state index is 0.0892. The van der Waals surface area contributed by atoms with E-state index in [2.05, 4.69) is 16.6 Å². The average molecular weight is 306 g/mol. The van der Waals surface area contributed by atoms with Crippen LogP contribution in [0, 0.1) is 12.3 Å². The Hall–Kier alpha value is -1.84. The molecule has 0 saturated carbocycles. The van der Waals surface area contributed by atoms with Crippen LogP contribution in [0.5, 0.6) is 11.5 Å². The van der Waals surface area contributed by atoms with Crippen LogP contribution in [-0.2, 0) is 4.79 Å². The van der Waals surface area contributed by atoms with E-state index in [1.807, 2.05) is 0 Å². The third kappa shape index (κ3) is 5.21. The molecule has 2 N–H and O–H groups in total. The van der Waals surface area contributed by atoms with E-state index in [1.54, 1.807) is 30.0 Å². The van der Waals surface area contributed by atoms with Gasteiger partial charge in [-0.05, 0) is 12.1 Å². The quantitative estimate of drug-likeness (QED) is 0.588. The van der Waals surface area contributed by atoms with E-state index in [9.17, 15) is 4.79 Å². The van der Waals surface area contributed by atoms with Gasteiger partial charge in [-0.25, -0.2) is 0 Å². The summed E-state index contributed by atoms with van der Waals surface area (Å²) in [6.07, 6.45) is 5.15. The maximum Gasteiger partial charge on any atom is 0.238 e. The maximum atomic E-state index is 11.8. The highest BCUT2D eigenvalue weighted by atomic mass is 32.2. The van der Waals surface area contributed by atoms with Crippen molar-refractivity contribution in [2.24, 2.45) is 0 Å². The summed E-state index contributed by atoms with van der Waals surface area (Å²) in [6, 6.07) is 5.37. The number of carbonyl (C=O) groups excluding carboxylic acids is 1. The molecule has 5 nitrogen and oxygen atoms in total. The Balaban J connectivity index is 1.71. The normalized spacial score (nSPS) is 12.5. The van der Waals surface area contributed by atoms with Gasteiger partial charge in [0, 0.05) is 24.1 Å². The number of carbonyl (C=O) groups is 1. The highest BCUT2D eigenvalue weighted by molar-refractivity contribution is 7.99. The van der Waals surface area contributed by atoms with Crippen LogP contribution in [0.4, 0.5) is 5.69 Å². The van der Waals surface area contributed by atoms with Gasteiger partial charge >= 0.3 is 0 Å². The monoisotopic (exact) mass is 306 g/mol. The minimum atomic E-state index is -0.0892. The summed E-state index contributed by atoms with van der Waals surface area (Å²) in [5, 5.41) is 5.89. The van der Waals surface area contributed by atoms with Crippen LogP contribution in [0.3, 0.4) is 0 Å². The van der Waals surface area contributed by atoms with Crippen LogP contribution in [0.2, 0.25) is 0 Å². The second-order valence-corrected chi connectivity index (χ2v) is 5.45. The summed E-state index contributed by atoms with van der Waals surface area (Å²) in [6.45, 7) is 2.10. The van der Waals surface area contributed by atoms with E-state index in [1.165, 1.54) is 0 Å². The second kappa shape index (κ2) is 8.45. The van der Waals surface area contributed by atoms with Gasteiger partial charge in [0.15, 0.2) is 11.5 Å². The number of benzene rings is 1. The van der Waals surface area contributed by atoms with Crippen molar-refractivity contribution in [3.63, 3.8) is 0 Å². The maximum absolute atomic E-state index is 11.8. The number of hydrogen-bond acceptors (Lipinski definition) is 5. The van der Waals surface area contributed by atoms with Crippen LogP contribution >= 0.6 is 11.8 Å². The largest absolute Gasteiger partial charge is 0.486 e. The molecule has 0 spiro atoms. The zero-order valence-corrected chi connectivity index (χ0v) is 12.5. The van der Waals surface area contributed by atoms with Crippen LogP contribution in [0.1, 0.15) is 0 Å². The fraction of sp³-hybridized carbons (Fsp3) is 0.400. The highest BCUT2D eigenvalue weighted by Gasteiger charge is 2.12. The number of thioether (sulfide) groups is 1. The van der Waals surface area contributed by atoms with E-state index in [-0.39, 0.29) is 12.5 Å². The molecule has 21 heavy (non-hydrogen) atoms. The lowest BCUT2D eigenvalue weighted by molar-refractivity contribution is -0.115. The first kappa shape index (κ1) is 15.5. The van der Waals surface area contributed by atoms with Gasteiger partial charge in [0.1, 0.15) is 13.2 Å². The molecule has 112 valence electrons. The molecule has 0 saturated heterocycles. The fourth-order valence-corrected chi connectivity index (χ4v) is 2.35. The Bertz CT molecular complexity index is 528. The van der Waals surface area contributed by atoms with Crippen molar-refractivity contribution in [2.45, 2.75) is 0 Å². The van der Waals surface area contributed by atoms with Crippen LogP contribution in [0.25, 0.3) is 0 Å². The lowest BCUT2D eigenvalue weighted by atomic mass is 10.2. The first-order valence-electron chi connectivity index (χ1n) is 6.71. The Morgan fingerprint density at radius 3 is 2.95 bits per heavy atom. The molecule has 1 amide bonds. The first-order chi connectivity index (χ1) is 10.3. The number of terminal acetylenes is 1. The number of ether oxygens (including phenoxy) is 2. The summed E-state index contributed by atoms with van der Waals surface area (Å²) in [7, 11) is 0. The number of fused-ring (bicyclic) bond motifs is 1. The molecule has 1 heterocycles. The number of anilines is 1. The molecular formula is C15H18N2O3S. The molecule has 1 aromatic carbocycles. The van der Waals surface area contributed by atoms with E-state index in [0.29, 0.717) is 36.2 Å². The molecule has 0 bridgehead atoms. The molecule has 0 unspecified atom stereocenters. The standard InChI is InChI=1S/C15H18N2O3S/c1-2-8-21-9-5-16-11-15(18)17-12-3-4-13-14(10-12)20-7-6-19-13/h1,3-4,10,16H,5-9,11H2,(H,17,18). The fourth-order valence-electron chi connectivity index (χ4n) is 1.80. The predicted octanol–water partition coefficient (Wildman–Crippen LogP) is 1.35. The summed E-state index contributed by atoms with van der Waals surface area (Å²) in [4.78, 5) is 11.8. The lowest BCUT2D eigenvalue weighted by Crippen LogP contribution is -2.29. The number of rotatable bonds is 7. The van der Waals surface area contributed by atoms with Gasteiger partial charge in [-0.2, -0.15) is 0 Å². The van der Waals surface area contributed by atoms with Gasteiger partial charge in [0.05, 0.1) is 12.3 Å². The van der Waals surface area contributed by atoms with Crippen molar-refractivity contribution in [3.05, 3.63) is 18.2 Å². The van der Waals surface area contributed by atoms with E-state index in [0.717, 1.165) is 12.3 Å². The highest BCUT2D eigenvalue weighted by Crippen LogP contribution is 2.32. The van der Waals surface area contributed by atoms with Crippen molar-refractivity contribution < 1.29 is 14.3 Å². The molecule has 0 aliphatic carbocycles. The Kier molecular flexibility index (Phi) is 6.25. The van der Waals surface area contributed by atoms with Gasteiger partial charge in [-0.15, -0.1) is 18.2 Å². The molecule has 6 heteroatoms. The summed E-state index contributed by atoms with van der Waals surface area (Å²) in [5.74, 6) is 5.43. The average Bonchev–Trinajstić information content (AvgIpc) is 2.50. The summed E-state index contributed by atoms with van der Waals surface area (Å²) in [5.41, 5.74) is 0.702. The van der Waals surface area contributed by atoms with E-state index in [4.69, 9.17) is 15.9 Å². The Labute approximate surface area is 128 Å². The van der Waals surface area contributed by atoms with Gasteiger partial charge < -0.3 is 20.1 Å². The van der Waals surface area contributed by atoms with E-state index >= 15 is 0 Å². The number of amides is 1. The third-order valence-corrected chi connectivity index (χ3v) is 3.58.